The van der Waals surface area contributed by atoms with Crippen LogP contribution in [0.1, 0.15) is 45.4 Å². The Hall–Kier alpha value is -1.95. The molecule has 1 atom stereocenters. The van der Waals surface area contributed by atoms with Gasteiger partial charge in [-0.3, -0.25) is 0 Å². The molecule has 0 spiro atoms. The van der Waals surface area contributed by atoms with Gasteiger partial charge in [0.15, 0.2) is 0 Å². The van der Waals surface area contributed by atoms with Gasteiger partial charge in [0, 0.05) is 37.6 Å². The van der Waals surface area contributed by atoms with E-state index in [1.165, 1.54) is 51.7 Å². The zero-order valence-electron chi connectivity index (χ0n) is 16.6. The van der Waals surface area contributed by atoms with Crippen LogP contribution in [0, 0.1) is 5.92 Å². The molecule has 27 heavy (non-hydrogen) atoms. The molecule has 6 nitrogen and oxygen atoms in total. The van der Waals surface area contributed by atoms with Crippen LogP contribution in [0.2, 0.25) is 0 Å². The maximum atomic E-state index is 4.65. The molecule has 0 saturated carbocycles. The molecule has 2 aromatic heterocycles. The summed E-state index contributed by atoms with van der Waals surface area (Å²) in [5.74, 6) is 1.59. The van der Waals surface area contributed by atoms with Crippen molar-refractivity contribution in [3.05, 3.63) is 24.9 Å². The van der Waals surface area contributed by atoms with Gasteiger partial charge in [0.1, 0.15) is 0 Å². The summed E-state index contributed by atoms with van der Waals surface area (Å²) in [5.41, 5.74) is 2.17. The van der Waals surface area contributed by atoms with Crippen molar-refractivity contribution in [2.45, 2.75) is 52.0 Å². The smallest absolute Gasteiger partial charge is 0.225 e. The van der Waals surface area contributed by atoms with E-state index in [0.29, 0.717) is 0 Å². The van der Waals surface area contributed by atoms with Crippen LogP contribution in [-0.2, 0) is 6.54 Å². The lowest BCUT2D eigenvalue weighted by atomic mass is 10.0. The van der Waals surface area contributed by atoms with Gasteiger partial charge in [0.25, 0.3) is 0 Å². The molecule has 0 aromatic carbocycles. The number of nitrogens with zero attached hydrogens (tertiary/aromatic N) is 6. The van der Waals surface area contributed by atoms with Crippen molar-refractivity contribution < 1.29 is 0 Å². The molecule has 6 heteroatoms. The summed E-state index contributed by atoms with van der Waals surface area (Å²) in [4.78, 5) is 18.6. The molecule has 1 unspecified atom stereocenters. The van der Waals surface area contributed by atoms with Crippen LogP contribution < -0.4 is 4.90 Å². The van der Waals surface area contributed by atoms with Gasteiger partial charge in [-0.25, -0.2) is 15.0 Å². The third-order valence-corrected chi connectivity index (χ3v) is 5.91. The Bertz CT molecular complexity index is 704. The first kappa shape index (κ1) is 18.4. The van der Waals surface area contributed by atoms with E-state index in [2.05, 4.69) is 36.2 Å². The lowest BCUT2D eigenvalue weighted by molar-refractivity contribution is 0.223. The fourth-order valence-electron chi connectivity index (χ4n) is 4.37. The van der Waals surface area contributed by atoms with Crippen LogP contribution in [0.25, 0.3) is 11.3 Å². The average molecular weight is 369 g/mol. The Morgan fingerprint density at radius 3 is 2.56 bits per heavy atom. The van der Waals surface area contributed by atoms with Gasteiger partial charge in [-0.2, -0.15) is 0 Å². The molecule has 0 radical (unpaired) electrons. The number of hydrogen-bond acceptors (Lipinski definition) is 5. The number of aromatic nitrogens is 4. The Kier molecular flexibility index (Phi) is 6.02. The summed E-state index contributed by atoms with van der Waals surface area (Å²) >= 11 is 0. The summed E-state index contributed by atoms with van der Waals surface area (Å²) in [7, 11) is 0. The van der Waals surface area contributed by atoms with Gasteiger partial charge in [-0.15, -0.1) is 0 Å². The Labute approximate surface area is 162 Å². The van der Waals surface area contributed by atoms with Gasteiger partial charge in [0.05, 0.1) is 18.2 Å². The lowest BCUT2D eigenvalue weighted by Crippen LogP contribution is -2.35. The monoisotopic (exact) mass is 368 g/mol. The average Bonchev–Trinajstić information content (AvgIpc) is 3.17. The number of aryl methyl sites for hydroxylation is 1. The zero-order chi connectivity index (χ0) is 18.5. The molecule has 4 rings (SSSR count). The molecular weight excluding hydrogens is 336 g/mol. The minimum absolute atomic E-state index is 0.725. The van der Waals surface area contributed by atoms with Gasteiger partial charge in [0.2, 0.25) is 5.95 Å². The first-order valence-corrected chi connectivity index (χ1v) is 10.6. The second kappa shape index (κ2) is 8.83. The van der Waals surface area contributed by atoms with Crippen LogP contribution in [0.4, 0.5) is 5.95 Å². The highest BCUT2D eigenvalue weighted by molar-refractivity contribution is 5.57. The first-order valence-electron chi connectivity index (χ1n) is 10.6. The third-order valence-electron chi connectivity index (χ3n) is 5.91. The van der Waals surface area contributed by atoms with E-state index in [9.17, 15) is 0 Å². The molecule has 2 aliphatic heterocycles. The van der Waals surface area contributed by atoms with Crippen LogP contribution >= 0.6 is 0 Å². The highest BCUT2D eigenvalue weighted by Crippen LogP contribution is 2.22. The minimum Gasteiger partial charge on any atom is -0.341 e. The third kappa shape index (κ3) is 4.67. The Balaban J connectivity index is 1.36. The van der Waals surface area contributed by atoms with Crippen molar-refractivity contribution in [3.63, 3.8) is 0 Å². The number of rotatable bonds is 6. The summed E-state index contributed by atoms with van der Waals surface area (Å²) in [6.45, 7) is 9.15. The lowest BCUT2D eigenvalue weighted by Gasteiger charge is -2.30. The quantitative estimate of drug-likeness (QED) is 0.782. The summed E-state index contributed by atoms with van der Waals surface area (Å²) in [6, 6.07) is 0. The maximum absolute atomic E-state index is 4.65. The van der Waals surface area contributed by atoms with Crippen LogP contribution in [0.3, 0.4) is 0 Å². The van der Waals surface area contributed by atoms with Crippen LogP contribution in [-0.4, -0.2) is 57.1 Å². The van der Waals surface area contributed by atoms with E-state index in [0.717, 1.165) is 49.2 Å². The minimum atomic E-state index is 0.725. The van der Waals surface area contributed by atoms with Gasteiger partial charge in [-0.1, -0.05) is 13.3 Å². The first-order chi connectivity index (χ1) is 13.3. The van der Waals surface area contributed by atoms with E-state index >= 15 is 0 Å². The number of imidazole rings is 1. The highest BCUT2D eigenvalue weighted by Gasteiger charge is 2.18. The number of anilines is 1. The maximum Gasteiger partial charge on any atom is 0.225 e. The molecule has 2 fully saturated rings. The predicted octanol–water partition coefficient (Wildman–Crippen LogP) is 3.45. The Morgan fingerprint density at radius 2 is 1.78 bits per heavy atom. The molecule has 2 saturated heterocycles. The van der Waals surface area contributed by atoms with Crippen molar-refractivity contribution in [2.75, 3.05) is 37.6 Å². The largest absolute Gasteiger partial charge is 0.341 e. The van der Waals surface area contributed by atoms with Crippen LogP contribution in [0.15, 0.2) is 24.9 Å². The van der Waals surface area contributed by atoms with Gasteiger partial charge < -0.3 is 14.4 Å². The van der Waals surface area contributed by atoms with Crippen molar-refractivity contribution in [1.82, 2.24) is 24.4 Å². The molecule has 0 bridgehead atoms. The van der Waals surface area contributed by atoms with Gasteiger partial charge >= 0.3 is 0 Å². The topological polar surface area (TPSA) is 50.1 Å². The van der Waals surface area contributed by atoms with Gasteiger partial charge in [-0.05, 0) is 57.7 Å². The van der Waals surface area contributed by atoms with E-state index < -0.39 is 0 Å². The molecule has 2 aliphatic rings. The molecule has 146 valence electrons. The fourth-order valence-corrected chi connectivity index (χ4v) is 4.37. The normalized spacial score (nSPS) is 21.5. The van der Waals surface area contributed by atoms with Crippen molar-refractivity contribution in [2.24, 2.45) is 5.92 Å². The number of likely N-dealkylation sites (tertiary alicyclic amines) is 1. The summed E-state index contributed by atoms with van der Waals surface area (Å²) in [6.07, 6.45) is 15.6. The number of hydrogen-bond donors (Lipinski definition) is 0. The Morgan fingerprint density at radius 1 is 0.963 bits per heavy atom. The molecule has 0 N–H and O–H groups in total. The fraction of sp³-hybridized carbons (Fsp3) is 0.667. The van der Waals surface area contributed by atoms with Crippen molar-refractivity contribution in [1.29, 1.82) is 0 Å². The SMILES string of the molecule is CC1CCCN(c2ncc(-c3cncn3CCCN3CCCCC3)cn2)C1. The highest BCUT2D eigenvalue weighted by atomic mass is 15.3. The second-order valence-electron chi connectivity index (χ2n) is 8.19. The number of piperidine rings is 2. The van der Waals surface area contributed by atoms with E-state index in [4.69, 9.17) is 0 Å². The second-order valence-corrected chi connectivity index (χ2v) is 8.19. The molecule has 0 amide bonds. The molecule has 4 heterocycles. The van der Waals surface area contributed by atoms with Crippen molar-refractivity contribution in [3.8, 4) is 11.3 Å². The summed E-state index contributed by atoms with van der Waals surface area (Å²) < 4.78 is 2.24. The van der Waals surface area contributed by atoms with E-state index in [1.807, 2.05) is 24.9 Å². The van der Waals surface area contributed by atoms with E-state index in [-0.39, 0.29) is 0 Å². The summed E-state index contributed by atoms with van der Waals surface area (Å²) in [5, 5.41) is 0. The molecular formula is C21H32N6. The standard InChI is InChI=1S/C21H32N6/c1-18-7-5-11-26(16-18)21-23-13-19(14-24-21)20-15-22-17-27(20)12-6-10-25-8-3-2-4-9-25/h13-15,17-18H,2-12,16H2,1H3. The zero-order valence-corrected chi connectivity index (χ0v) is 16.6. The van der Waals surface area contributed by atoms with Crippen molar-refractivity contribution >= 4 is 5.95 Å². The molecule has 0 aliphatic carbocycles. The predicted molar refractivity (Wildman–Crippen MR) is 109 cm³/mol. The van der Waals surface area contributed by atoms with E-state index in [1.54, 1.807) is 0 Å². The van der Waals surface area contributed by atoms with Crippen LogP contribution in [0.5, 0.6) is 0 Å². The molecule has 2 aromatic rings.